The number of hydrogen-bond acceptors (Lipinski definition) is 7. The minimum absolute atomic E-state index is 0. The second-order valence-corrected chi connectivity index (χ2v) is 9.95. The molecule has 0 radical (unpaired) electrons. The minimum atomic E-state index is 0. The lowest BCUT2D eigenvalue weighted by molar-refractivity contribution is 0.482. The van der Waals surface area contributed by atoms with Gasteiger partial charge in [0.1, 0.15) is 28.3 Å². The molecule has 4 aromatic carbocycles. The Labute approximate surface area is 248 Å². The fourth-order valence-electron chi connectivity index (χ4n) is 5.67. The van der Waals surface area contributed by atoms with E-state index in [-0.39, 0.29) is 23.1 Å². The largest absolute Gasteiger partial charge is 0.507 e. The van der Waals surface area contributed by atoms with Gasteiger partial charge < -0.3 is 15.1 Å². The molecule has 0 unspecified atom stereocenters. The van der Waals surface area contributed by atoms with E-state index in [9.17, 15) is 5.11 Å². The SMILES string of the molecule is Oc1cccc2c3nc4nc(nc5[nH]c(nc6nc(nc([nH]3)c12)-c1ccccc1-6)c1ccccc51)-c1ccccc1-4.[AlH3]. The summed E-state index contributed by atoms with van der Waals surface area (Å²) in [5.74, 6) is 2.19. The van der Waals surface area contributed by atoms with Crippen molar-refractivity contribution < 1.29 is 5.11 Å². The molecule has 2 aliphatic rings. The lowest BCUT2D eigenvalue weighted by atomic mass is 10.1. The number of aromatic amines is 2. The van der Waals surface area contributed by atoms with Gasteiger partial charge in [-0.1, -0.05) is 84.9 Å². The van der Waals surface area contributed by atoms with Gasteiger partial charge in [-0.2, -0.15) is 0 Å². The first-order valence-corrected chi connectivity index (χ1v) is 13.1. The van der Waals surface area contributed by atoms with E-state index in [1.54, 1.807) is 12.1 Å². The molecule has 0 saturated carbocycles. The zero-order chi connectivity index (χ0) is 27.1. The predicted molar refractivity (Wildman–Crippen MR) is 168 cm³/mol. The number of fused-ring (bicyclic) bond motifs is 20. The summed E-state index contributed by atoms with van der Waals surface area (Å²) in [5.41, 5.74) is 5.74. The molecule has 8 bridgehead atoms. The van der Waals surface area contributed by atoms with Gasteiger partial charge in [0.2, 0.25) is 0 Å². The van der Waals surface area contributed by atoms with Crippen LogP contribution in [0.5, 0.6) is 5.75 Å². The van der Waals surface area contributed by atoms with Crippen molar-refractivity contribution in [3.8, 4) is 51.3 Å². The second-order valence-electron chi connectivity index (χ2n) is 9.95. The molecule has 0 amide bonds. The van der Waals surface area contributed by atoms with Crippen molar-refractivity contribution in [2.75, 3.05) is 0 Å². The molecule has 0 fully saturated rings. The highest BCUT2D eigenvalue weighted by molar-refractivity contribution is 6.08. The summed E-state index contributed by atoms with van der Waals surface area (Å²) in [6.07, 6.45) is 0. The van der Waals surface area contributed by atoms with Crippen molar-refractivity contribution in [3.05, 3.63) is 91.0 Å². The van der Waals surface area contributed by atoms with Crippen LogP contribution < -0.4 is 0 Å². The van der Waals surface area contributed by atoms with Gasteiger partial charge in [-0.15, -0.1) is 0 Å². The quantitative estimate of drug-likeness (QED) is 0.212. The molecule has 9 rings (SSSR count). The van der Waals surface area contributed by atoms with Gasteiger partial charge in [0.15, 0.2) is 40.7 Å². The molecule has 198 valence electrons. The average Bonchev–Trinajstić information content (AvgIpc) is 3.73. The van der Waals surface area contributed by atoms with E-state index in [0.29, 0.717) is 51.3 Å². The maximum Gasteiger partial charge on any atom is 0.187 e. The number of phenolic OH excluding ortho intramolecular Hbond substituents is 1. The summed E-state index contributed by atoms with van der Waals surface area (Å²) in [6.45, 7) is 0. The first kappa shape index (κ1) is 24.4. The van der Waals surface area contributed by atoms with Crippen LogP contribution >= 0.6 is 0 Å². The van der Waals surface area contributed by atoms with E-state index in [0.717, 1.165) is 38.4 Å². The van der Waals surface area contributed by atoms with Crippen LogP contribution in [0.1, 0.15) is 0 Å². The molecule has 0 aliphatic carbocycles. The minimum Gasteiger partial charge on any atom is -0.507 e. The number of benzene rings is 4. The standard InChI is InChI=1S/C32H18N8O.Al.3H/c41-23-15-7-14-22-24(23)32-39-30-21-13-6-5-12-20(21)28(37-30)35-26-17-9-2-1-8-16(17)25(33-26)34-27-18-10-3-4-11-19(18)29(36-27)38-31(22)40-32;;;;/h1-15,41H,(H2,33,34,35,36,37,38,39,40);;;;. The van der Waals surface area contributed by atoms with Gasteiger partial charge in [-0.05, 0) is 6.07 Å². The van der Waals surface area contributed by atoms with Crippen LogP contribution in [0.2, 0.25) is 0 Å². The predicted octanol–water partition coefficient (Wildman–Crippen LogP) is 5.39. The first-order chi connectivity index (χ1) is 20.2. The lowest BCUT2D eigenvalue weighted by Crippen LogP contribution is -1.83. The number of H-pyrrole nitrogens is 2. The highest BCUT2D eigenvalue weighted by Gasteiger charge is 2.22. The Kier molecular flexibility index (Phi) is 5.25. The van der Waals surface area contributed by atoms with Gasteiger partial charge in [0.25, 0.3) is 0 Å². The Bertz CT molecular complexity index is 2410. The fraction of sp³-hybridized carbons (Fsp3) is 0. The summed E-state index contributed by atoms with van der Waals surface area (Å²) in [6, 6.07) is 29.1. The highest BCUT2D eigenvalue weighted by atomic mass is 27.0. The van der Waals surface area contributed by atoms with E-state index in [1.165, 1.54) is 0 Å². The molecule has 10 heteroatoms. The Morgan fingerprint density at radius 3 is 1.29 bits per heavy atom. The van der Waals surface area contributed by atoms with Crippen molar-refractivity contribution in [2.24, 2.45) is 0 Å². The molecule has 0 spiro atoms. The number of aromatic hydroxyl groups is 1. The summed E-state index contributed by atoms with van der Waals surface area (Å²) in [5, 5.41) is 14.0. The topological polar surface area (TPSA) is 129 Å². The van der Waals surface area contributed by atoms with E-state index in [4.69, 9.17) is 29.9 Å². The molecule has 3 aromatic heterocycles. The Hall–Kier alpha value is -5.43. The van der Waals surface area contributed by atoms with E-state index >= 15 is 0 Å². The highest BCUT2D eigenvalue weighted by Crippen LogP contribution is 2.37. The van der Waals surface area contributed by atoms with Crippen LogP contribution in [-0.4, -0.2) is 62.3 Å². The third kappa shape index (κ3) is 3.50. The molecular weight excluding hydrogens is 539 g/mol. The number of phenols is 1. The lowest BCUT2D eigenvalue weighted by Gasteiger charge is -1.97. The van der Waals surface area contributed by atoms with Crippen LogP contribution in [0, 0.1) is 0 Å². The number of hydrogen-bond donors (Lipinski definition) is 3. The van der Waals surface area contributed by atoms with Gasteiger partial charge in [-0.25, -0.2) is 29.9 Å². The van der Waals surface area contributed by atoms with Gasteiger partial charge in [-0.3, -0.25) is 0 Å². The van der Waals surface area contributed by atoms with E-state index in [2.05, 4.69) is 9.97 Å². The van der Waals surface area contributed by atoms with Crippen LogP contribution in [-0.2, 0) is 0 Å². The Morgan fingerprint density at radius 2 is 0.786 bits per heavy atom. The molecule has 0 atom stereocenters. The van der Waals surface area contributed by atoms with E-state index < -0.39 is 0 Å². The molecule has 5 heterocycles. The number of rotatable bonds is 0. The molecule has 42 heavy (non-hydrogen) atoms. The maximum atomic E-state index is 10.9. The van der Waals surface area contributed by atoms with Crippen LogP contribution in [0.3, 0.4) is 0 Å². The van der Waals surface area contributed by atoms with Crippen molar-refractivity contribution in [3.63, 3.8) is 0 Å². The van der Waals surface area contributed by atoms with Crippen molar-refractivity contribution in [2.45, 2.75) is 0 Å². The fourth-order valence-corrected chi connectivity index (χ4v) is 5.67. The summed E-state index contributed by atoms with van der Waals surface area (Å²) in [7, 11) is 0. The third-order valence-electron chi connectivity index (χ3n) is 7.56. The molecule has 3 N–H and O–H groups in total. The second kappa shape index (κ2) is 9.04. The molecular formula is C32H21AlN8O. The summed E-state index contributed by atoms with van der Waals surface area (Å²) < 4.78 is 0. The van der Waals surface area contributed by atoms with Crippen molar-refractivity contribution >= 4 is 61.5 Å². The molecule has 7 aromatic rings. The van der Waals surface area contributed by atoms with Crippen LogP contribution in [0.15, 0.2) is 91.0 Å². The third-order valence-corrected chi connectivity index (χ3v) is 7.56. The Morgan fingerprint density at radius 1 is 0.405 bits per heavy atom. The van der Waals surface area contributed by atoms with Crippen LogP contribution in [0.25, 0.3) is 89.7 Å². The van der Waals surface area contributed by atoms with Crippen molar-refractivity contribution in [1.82, 2.24) is 39.9 Å². The zero-order valence-corrected chi connectivity index (χ0v) is 21.3. The molecule has 2 aliphatic heterocycles. The number of nitrogens with one attached hydrogen (secondary N) is 2. The van der Waals surface area contributed by atoms with E-state index in [1.807, 2.05) is 78.9 Å². The number of aromatic nitrogens is 8. The van der Waals surface area contributed by atoms with Gasteiger partial charge >= 0.3 is 0 Å². The normalized spacial score (nSPS) is 11.7. The molecule has 0 saturated heterocycles. The van der Waals surface area contributed by atoms with Gasteiger partial charge in [0.05, 0.1) is 5.39 Å². The molecule has 9 nitrogen and oxygen atoms in total. The van der Waals surface area contributed by atoms with Crippen molar-refractivity contribution in [1.29, 1.82) is 0 Å². The smallest absolute Gasteiger partial charge is 0.187 e. The average molecular weight is 561 g/mol. The summed E-state index contributed by atoms with van der Waals surface area (Å²) in [4.78, 5) is 36.3. The Balaban J connectivity index is 0.00000267. The number of nitrogens with zero attached hydrogens (tertiary/aromatic N) is 6. The van der Waals surface area contributed by atoms with Gasteiger partial charge in [0, 0.05) is 38.4 Å². The zero-order valence-electron chi connectivity index (χ0n) is 21.3. The van der Waals surface area contributed by atoms with Crippen LogP contribution in [0.4, 0.5) is 0 Å². The summed E-state index contributed by atoms with van der Waals surface area (Å²) >= 11 is 0. The first-order valence-electron chi connectivity index (χ1n) is 13.1. The maximum absolute atomic E-state index is 10.9. The monoisotopic (exact) mass is 560 g/mol.